The lowest BCUT2D eigenvalue weighted by molar-refractivity contribution is -0.126. The molecule has 1 heterocycles. The number of aryl methyl sites for hydroxylation is 1. The fraction of sp³-hybridized carbons (Fsp3) is 0.400. The first-order valence-corrected chi connectivity index (χ1v) is 5.36. The number of aromatic nitrogens is 1. The van der Waals surface area contributed by atoms with Crippen molar-refractivity contribution in [2.75, 3.05) is 18.4 Å². The number of carbonyl (C=O) groups excluding carboxylic acids is 1. The largest absolute Gasteiger partial charge is 0.401 e. The van der Waals surface area contributed by atoms with Crippen LogP contribution in [0.25, 0.3) is 0 Å². The second kappa shape index (κ2) is 6.01. The van der Waals surface area contributed by atoms with Gasteiger partial charge in [0.1, 0.15) is 5.15 Å². The van der Waals surface area contributed by atoms with Gasteiger partial charge in [0.05, 0.1) is 24.5 Å². The predicted octanol–water partition coefficient (Wildman–Crippen LogP) is 2.13. The first kappa shape index (κ1) is 14.7. The summed E-state index contributed by atoms with van der Waals surface area (Å²) in [6.07, 6.45) is -4.34. The van der Waals surface area contributed by atoms with E-state index < -0.39 is 25.2 Å². The minimum absolute atomic E-state index is 0.278. The van der Waals surface area contributed by atoms with Crippen LogP contribution in [-0.4, -0.2) is 30.2 Å². The molecule has 0 radical (unpaired) electrons. The summed E-state index contributed by atoms with van der Waals surface area (Å²) in [4.78, 5) is 15.2. The van der Waals surface area contributed by atoms with Gasteiger partial charge in [-0.05, 0) is 19.1 Å². The van der Waals surface area contributed by atoms with Gasteiger partial charge in [-0.2, -0.15) is 13.2 Å². The molecular formula is C10H11ClF3N3O. The fourth-order valence-corrected chi connectivity index (χ4v) is 1.36. The zero-order valence-electron chi connectivity index (χ0n) is 9.44. The summed E-state index contributed by atoms with van der Waals surface area (Å²) < 4.78 is 35.5. The van der Waals surface area contributed by atoms with Crippen LogP contribution >= 0.6 is 11.6 Å². The molecule has 0 aliphatic rings. The summed E-state index contributed by atoms with van der Waals surface area (Å²) in [6.45, 7) is -0.00944. The third-order valence-electron chi connectivity index (χ3n) is 1.94. The molecule has 1 amide bonds. The van der Waals surface area contributed by atoms with Crippen molar-refractivity contribution in [3.05, 3.63) is 23.0 Å². The van der Waals surface area contributed by atoms with Crippen molar-refractivity contribution in [2.45, 2.75) is 13.1 Å². The molecule has 1 aromatic rings. The second-order valence-electron chi connectivity index (χ2n) is 3.53. The molecule has 1 rings (SSSR count). The SMILES string of the molecule is Cc1nc(Cl)ccc1NC(=O)CNCC(F)(F)F. The third kappa shape index (κ3) is 5.33. The Kier molecular flexibility index (Phi) is 4.92. The summed E-state index contributed by atoms with van der Waals surface area (Å²) in [6, 6.07) is 3.01. The van der Waals surface area contributed by atoms with Gasteiger partial charge in [-0.25, -0.2) is 4.98 Å². The van der Waals surface area contributed by atoms with Gasteiger partial charge < -0.3 is 10.6 Å². The van der Waals surface area contributed by atoms with Crippen molar-refractivity contribution in [1.29, 1.82) is 0 Å². The molecule has 100 valence electrons. The van der Waals surface area contributed by atoms with Crippen LogP contribution in [0.5, 0.6) is 0 Å². The molecule has 0 aliphatic carbocycles. The van der Waals surface area contributed by atoms with Crippen molar-refractivity contribution in [2.24, 2.45) is 0 Å². The van der Waals surface area contributed by atoms with Crippen LogP contribution in [0.4, 0.5) is 18.9 Å². The summed E-state index contributed by atoms with van der Waals surface area (Å²) in [5.74, 6) is -0.577. The Bertz CT molecular complexity index is 437. The number of pyridine rings is 1. The van der Waals surface area contributed by atoms with Gasteiger partial charge in [-0.1, -0.05) is 11.6 Å². The van der Waals surface area contributed by atoms with E-state index in [1.807, 2.05) is 5.32 Å². The van der Waals surface area contributed by atoms with Gasteiger partial charge in [0.25, 0.3) is 0 Å². The Morgan fingerprint density at radius 2 is 2.11 bits per heavy atom. The molecule has 1 aromatic heterocycles. The number of carbonyl (C=O) groups is 1. The zero-order valence-corrected chi connectivity index (χ0v) is 10.2. The van der Waals surface area contributed by atoms with Crippen LogP contribution in [0.1, 0.15) is 5.69 Å². The number of anilines is 1. The minimum atomic E-state index is -4.34. The molecule has 0 aliphatic heterocycles. The van der Waals surface area contributed by atoms with Gasteiger partial charge >= 0.3 is 6.18 Å². The normalized spacial score (nSPS) is 11.4. The molecular weight excluding hydrogens is 271 g/mol. The molecule has 0 spiro atoms. The van der Waals surface area contributed by atoms with E-state index in [-0.39, 0.29) is 5.15 Å². The molecule has 0 saturated heterocycles. The number of nitrogens with one attached hydrogen (secondary N) is 2. The Labute approximate surface area is 107 Å². The van der Waals surface area contributed by atoms with Crippen molar-refractivity contribution < 1.29 is 18.0 Å². The monoisotopic (exact) mass is 281 g/mol. The molecule has 0 aromatic carbocycles. The zero-order chi connectivity index (χ0) is 13.8. The topological polar surface area (TPSA) is 54.0 Å². The predicted molar refractivity (Wildman–Crippen MR) is 61.5 cm³/mol. The number of nitrogens with zero attached hydrogens (tertiary/aromatic N) is 1. The maximum Gasteiger partial charge on any atom is 0.401 e. The molecule has 0 unspecified atom stereocenters. The van der Waals surface area contributed by atoms with Gasteiger partial charge in [0, 0.05) is 0 Å². The van der Waals surface area contributed by atoms with E-state index >= 15 is 0 Å². The molecule has 18 heavy (non-hydrogen) atoms. The van der Waals surface area contributed by atoms with E-state index in [9.17, 15) is 18.0 Å². The Balaban J connectivity index is 2.45. The van der Waals surface area contributed by atoms with Crippen molar-refractivity contribution >= 4 is 23.2 Å². The summed E-state index contributed by atoms with van der Waals surface area (Å²) in [7, 11) is 0. The standard InChI is InChI=1S/C10H11ClF3N3O/c1-6-7(2-3-8(11)16-6)17-9(18)4-15-5-10(12,13)14/h2-3,15H,4-5H2,1H3,(H,17,18). The lowest BCUT2D eigenvalue weighted by atomic mass is 10.3. The minimum Gasteiger partial charge on any atom is -0.323 e. The highest BCUT2D eigenvalue weighted by atomic mass is 35.5. The number of hydrogen-bond acceptors (Lipinski definition) is 3. The number of rotatable bonds is 4. The van der Waals surface area contributed by atoms with E-state index in [2.05, 4.69) is 10.3 Å². The van der Waals surface area contributed by atoms with Crippen LogP contribution in [0.2, 0.25) is 5.15 Å². The Morgan fingerprint density at radius 1 is 1.44 bits per heavy atom. The summed E-state index contributed by atoms with van der Waals surface area (Å²) >= 11 is 5.63. The molecule has 2 N–H and O–H groups in total. The van der Waals surface area contributed by atoms with E-state index in [4.69, 9.17) is 11.6 Å². The van der Waals surface area contributed by atoms with Crippen LogP contribution in [-0.2, 0) is 4.79 Å². The number of halogens is 4. The van der Waals surface area contributed by atoms with E-state index in [0.29, 0.717) is 11.4 Å². The number of hydrogen-bond donors (Lipinski definition) is 2. The molecule has 0 bridgehead atoms. The first-order valence-electron chi connectivity index (χ1n) is 4.98. The average molecular weight is 282 g/mol. The fourth-order valence-electron chi connectivity index (χ4n) is 1.17. The first-order chi connectivity index (χ1) is 8.28. The third-order valence-corrected chi connectivity index (χ3v) is 2.15. The molecule has 0 saturated carbocycles. The summed E-state index contributed by atoms with van der Waals surface area (Å²) in [5.41, 5.74) is 0.907. The maximum absolute atomic E-state index is 11.8. The molecule has 4 nitrogen and oxygen atoms in total. The number of amides is 1. The van der Waals surface area contributed by atoms with Gasteiger partial charge in [-0.3, -0.25) is 4.79 Å². The van der Waals surface area contributed by atoms with Crippen LogP contribution in [0, 0.1) is 6.92 Å². The highest BCUT2D eigenvalue weighted by Crippen LogP contribution is 2.15. The lowest BCUT2D eigenvalue weighted by Crippen LogP contribution is -2.35. The van der Waals surface area contributed by atoms with Crippen molar-refractivity contribution in [3.8, 4) is 0 Å². The van der Waals surface area contributed by atoms with E-state index in [0.717, 1.165) is 0 Å². The Hall–Kier alpha value is -1.34. The summed E-state index contributed by atoms with van der Waals surface area (Å²) in [5, 5.41) is 4.70. The van der Waals surface area contributed by atoms with Gasteiger partial charge in [0.2, 0.25) is 5.91 Å². The smallest absolute Gasteiger partial charge is 0.323 e. The van der Waals surface area contributed by atoms with Crippen molar-refractivity contribution in [3.63, 3.8) is 0 Å². The van der Waals surface area contributed by atoms with E-state index in [1.165, 1.54) is 12.1 Å². The Morgan fingerprint density at radius 3 is 2.67 bits per heavy atom. The van der Waals surface area contributed by atoms with E-state index in [1.54, 1.807) is 6.92 Å². The number of alkyl halides is 3. The average Bonchev–Trinajstić information content (AvgIpc) is 2.20. The molecule has 0 atom stereocenters. The molecule has 8 heteroatoms. The van der Waals surface area contributed by atoms with Crippen LogP contribution < -0.4 is 10.6 Å². The maximum atomic E-state index is 11.8. The lowest BCUT2D eigenvalue weighted by Gasteiger charge is -2.10. The quantitative estimate of drug-likeness (QED) is 0.832. The van der Waals surface area contributed by atoms with Crippen LogP contribution in [0.3, 0.4) is 0 Å². The van der Waals surface area contributed by atoms with Gasteiger partial charge in [0.15, 0.2) is 0 Å². The highest BCUT2D eigenvalue weighted by Gasteiger charge is 2.26. The highest BCUT2D eigenvalue weighted by molar-refractivity contribution is 6.29. The van der Waals surface area contributed by atoms with Crippen LogP contribution in [0.15, 0.2) is 12.1 Å². The second-order valence-corrected chi connectivity index (χ2v) is 3.92. The molecule has 0 fully saturated rings. The van der Waals surface area contributed by atoms with Gasteiger partial charge in [-0.15, -0.1) is 0 Å². The van der Waals surface area contributed by atoms with Crippen molar-refractivity contribution in [1.82, 2.24) is 10.3 Å².